The Morgan fingerprint density at radius 2 is 2.13 bits per heavy atom. The molecule has 156 valence electrons. The molecule has 9 nitrogen and oxygen atoms in total. The molecule has 10 heteroatoms. The minimum Gasteiger partial charge on any atom is -0.394 e. The van der Waals surface area contributed by atoms with Gasteiger partial charge in [0.15, 0.2) is 11.6 Å². The summed E-state index contributed by atoms with van der Waals surface area (Å²) in [5.74, 6) is 1.12. The van der Waals surface area contributed by atoms with Gasteiger partial charge in [0.25, 0.3) is 5.91 Å². The minimum atomic E-state index is -0.594. The predicted octanol–water partition coefficient (Wildman–Crippen LogP) is 2.37. The Labute approximate surface area is 176 Å². The van der Waals surface area contributed by atoms with Crippen molar-refractivity contribution in [3.63, 3.8) is 0 Å². The lowest BCUT2D eigenvalue weighted by molar-refractivity contribution is -0.111. The van der Waals surface area contributed by atoms with Crippen molar-refractivity contribution in [1.82, 2.24) is 24.3 Å². The number of aliphatic hydroxyl groups excluding tert-OH is 1. The zero-order chi connectivity index (χ0) is 22.0. The number of anilines is 3. The lowest BCUT2D eigenvalue weighted by Gasteiger charge is -2.09. The number of carbonyl (C=O) groups is 1. The number of aliphatic hydroxyl groups is 1. The molecule has 0 atom stereocenters. The van der Waals surface area contributed by atoms with Crippen LogP contribution in [0.25, 0.3) is 16.7 Å². The number of amides is 1. The molecule has 0 spiro atoms. The summed E-state index contributed by atoms with van der Waals surface area (Å²) in [5.41, 5.74) is 2.72. The number of fused-ring (bicyclic) bond motifs is 1. The number of nitrogens with one attached hydrogen (secondary N) is 2. The summed E-state index contributed by atoms with van der Waals surface area (Å²) in [7, 11) is 0. The van der Waals surface area contributed by atoms with Crippen LogP contribution in [0.4, 0.5) is 21.7 Å². The van der Waals surface area contributed by atoms with E-state index in [9.17, 15) is 9.18 Å². The van der Waals surface area contributed by atoms with E-state index in [0.717, 1.165) is 17.1 Å². The highest BCUT2D eigenvalue weighted by Gasteiger charge is 2.15. The van der Waals surface area contributed by atoms with Gasteiger partial charge in [-0.2, -0.15) is 10.1 Å². The molecule has 3 aromatic heterocycles. The van der Waals surface area contributed by atoms with Gasteiger partial charge in [0.1, 0.15) is 0 Å². The topological polar surface area (TPSA) is 110 Å². The van der Waals surface area contributed by atoms with Crippen LogP contribution < -0.4 is 10.6 Å². The van der Waals surface area contributed by atoms with Gasteiger partial charge in [0.05, 0.1) is 36.7 Å². The van der Waals surface area contributed by atoms with Gasteiger partial charge in [-0.1, -0.05) is 0 Å². The lowest BCUT2D eigenvalue weighted by Crippen LogP contribution is -2.08. The first-order valence-electron chi connectivity index (χ1n) is 9.31. The van der Waals surface area contributed by atoms with Crippen molar-refractivity contribution in [3.05, 3.63) is 54.4 Å². The summed E-state index contributed by atoms with van der Waals surface area (Å²) < 4.78 is 17.8. The van der Waals surface area contributed by atoms with Crippen LogP contribution in [0.3, 0.4) is 0 Å². The van der Waals surface area contributed by atoms with E-state index in [-0.39, 0.29) is 18.4 Å². The molecule has 0 aliphatic heterocycles. The van der Waals surface area contributed by atoms with E-state index in [1.165, 1.54) is 0 Å². The fourth-order valence-corrected chi connectivity index (χ4v) is 3.18. The van der Waals surface area contributed by atoms with Crippen LogP contribution in [0, 0.1) is 25.1 Å². The molecule has 0 saturated heterocycles. The molecule has 0 saturated carbocycles. The zero-order valence-electron chi connectivity index (χ0n) is 16.5. The van der Waals surface area contributed by atoms with Gasteiger partial charge in [-0.05, 0) is 36.6 Å². The van der Waals surface area contributed by atoms with E-state index in [0.29, 0.717) is 23.4 Å². The molecule has 4 rings (SSSR count). The van der Waals surface area contributed by atoms with E-state index in [2.05, 4.69) is 25.7 Å². The number of rotatable bonds is 6. The Morgan fingerprint density at radius 3 is 2.90 bits per heavy atom. The van der Waals surface area contributed by atoms with Crippen LogP contribution in [-0.4, -0.2) is 41.9 Å². The second kappa shape index (κ2) is 8.25. The maximum absolute atomic E-state index is 14.6. The Balaban J connectivity index is 1.69. The first kappa shape index (κ1) is 20.1. The summed E-state index contributed by atoms with van der Waals surface area (Å²) in [6.07, 6.45) is 11.2. The van der Waals surface area contributed by atoms with Crippen molar-refractivity contribution in [2.45, 2.75) is 13.5 Å². The van der Waals surface area contributed by atoms with Crippen molar-refractivity contribution in [2.75, 3.05) is 17.2 Å². The van der Waals surface area contributed by atoms with Gasteiger partial charge in [-0.3, -0.25) is 14.0 Å². The van der Waals surface area contributed by atoms with Gasteiger partial charge in [-0.25, -0.2) is 9.37 Å². The van der Waals surface area contributed by atoms with Crippen molar-refractivity contribution >= 4 is 34.1 Å². The summed E-state index contributed by atoms with van der Waals surface area (Å²) in [6, 6.07) is 5.20. The van der Waals surface area contributed by atoms with Crippen molar-refractivity contribution < 1.29 is 14.3 Å². The lowest BCUT2D eigenvalue weighted by atomic mass is 10.2. The van der Waals surface area contributed by atoms with E-state index < -0.39 is 11.7 Å². The van der Waals surface area contributed by atoms with Crippen LogP contribution in [0.1, 0.15) is 5.56 Å². The molecule has 1 amide bonds. The average Bonchev–Trinajstić information content (AvgIpc) is 3.33. The largest absolute Gasteiger partial charge is 0.394 e. The monoisotopic (exact) mass is 419 g/mol. The molecule has 0 bridgehead atoms. The van der Waals surface area contributed by atoms with Crippen LogP contribution in [0.2, 0.25) is 0 Å². The Bertz CT molecular complexity index is 1320. The minimum absolute atomic E-state index is 0.0352. The Hall–Kier alpha value is -4.23. The highest BCUT2D eigenvalue weighted by Crippen LogP contribution is 2.28. The molecule has 0 aliphatic carbocycles. The SMILES string of the molecule is C#CC(=O)Nc1ccc2c(c1)c(C)cn2-c1nc(Nc2cnn(CCO)c2)ncc1F. The first-order chi connectivity index (χ1) is 15.0. The Kier molecular flexibility index (Phi) is 5.34. The summed E-state index contributed by atoms with van der Waals surface area (Å²) in [4.78, 5) is 19.8. The standard InChI is InChI=1S/C21H18FN7O2/c1-3-19(31)25-14-4-5-18-16(8-14)13(2)11-29(18)20-17(22)10-23-21(27-20)26-15-9-24-28(12-15)6-7-30/h1,4-5,8-12,30H,6-7H2,2H3,(H,25,31)(H,23,26,27). The number of halogens is 1. The number of terminal acetylenes is 1. The quantitative estimate of drug-likeness (QED) is 0.414. The molecule has 1 aromatic carbocycles. The van der Waals surface area contributed by atoms with E-state index >= 15 is 0 Å². The molecular formula is C21H18FN7O2. The summed E-state index contributed by atoms with van der Waals surface area (Å²) in [5, 5.41) is 19.5. The van der Waals surface area contributed by atoms with Crippen LogP contribution in [0.15, 0.2) is 43.0 Å². The fourth-order valence-electron chi connectivity index (χ4n) is 3.18. The van der Waals surface area contributed by atoms with Crippen molar-refractivity contribution in [2.24, 2.45) is 0 Å². The number of nitrogens with zero attached hydrogens (tertiary/aromatic N) is 5. The highest BCUT2D eigenvalue weighted by atomic mass is 19.1. The van der Waals surface area contributed by atoms with Crippen LogP contribution in [-0.2, 0) is 11.3 Å². The third kappa shape index (κ3) is 4.08. The first-order valence-corrected chi connectivity index (χ1v) is 9.31. The molecule has 0 unspecified atom stereocenters. The second-order valence-corrected chi connectivity index (χ2v) is 6.72. The maximum Gasteiger partial charge on any atom is 0.300 e. The average molecular weight is 419 g/mol. The number of benzene rings is 1. The third-order valence-corrected chi connectivity index (χ3v) is 4.56. The van der Waals surface area contributed by atoms with Crippen molar-refractivity contribution in [1.29, 1.82) is 0 Å². The van der Waals surface area contributed by atoms with Gasteiger partial charge in [-0.15, -0.1) is 6.42 Å². The second-order valence-electron chi connectivity index (χ2n) is 6.72. The molecule has 4 aromatic rings. The molecule has 0 fully saturated rings. The van der Waals surface area contributed by atoms with E-state index in [1.54, 1.807) is 46.0 Å². The predicted molar refractivity (Wildman–Crippen MR) is 114 cm³/mol. The smallest absolute Gasteiger partial charge is 0.300 e. The fraction of sp³-hybridized carbons (Fsp3) is 0.143. The number of hydrogen-bond acceptors (Lipinski definition) is 6. The summed E-state index contributed by atoms with van der Waals surface area (Å²) >= 11 is 0. The van der Waals surface area contributed by atoms with E-state index in [4.69, 9.17) is 11.5 Å². The van der Waals surface area contributed by atoms with Gasteiger partial charge < -0.3 is 15.7 Å². The number of hydrogen-bond donors (Lipinski definition) is 3. The van der Waals surface area contributed by atoms with Gasteiger partial charge in [0, 0.05) is 23.5 Å². The molecular weight excluding hydrogens is 401 g/mol. The third-order valence-electron chi connectivity index (χ3n) is 4.56. The normalized spacial score (nSPS) is 10.8. The molecule has 0 radical (unpaired) electrons. The van der Waals surface area contributed by atoms with Gasteiger partial charge >= 0.3 is 0 Å². The Morgan fingerprint density at radius 1 is 1.29 bits per heavy atom. The molecule has 3 N–H and O–H groups in total. The summed E-state index contributed by atoms with van der Waals surface area (Å²) in [6.45, 7) is 2.20. The molecule has 31 heavy (non-hydrogen) atoms. The maximum atomic E-state index is 14.6. The number of aromatic nitrogens is 5. The molecule has 0 aliphatic rings. The number of carbonyl (C=O) groups excluding carboxylic acids is 1. The number of aryl methyl sites for hydroxylation is 1. The van der Waals surface area contributed by atoms with Crippen molar-refractivity contribution in [3.8, 4) is 18.2 Å². The van der Waals surface area contributed by atoms with Crippen LogP contribution in [0.5, 0.6) is 0 Å². The van der Waals surface area contributed by atoms with E-state index in [1.807, 2.05) is 12.8 Å². The van der Waals surface area contributed by atoms with Gasteiger partial charge in [0.2, 0.25) is 5.95 Å². The zero-order valence-corrected chi connectivity index (χ0v) is 16.5. The highest BCUT2D eigenvalue weighted by molar-refractivity contribution is 6.04. The molecule has 3 heterocycles. The van der Waals surface area contributed by atoms with Crippen LogP contribution >= 0.6 is 0 Å².